The first-order valence-corrected chi connectivity index (χ1v) is 8.86. The van der Waals surface area contributed by atoms with Gasteiger partial charge in [0.05, 0.1) is 16.2 Å². The van der Waals surface area contributed by atoms with Crippen molar-refractivity contribution in [3.05, 3.63) is 52.3 Å². The summed E-state index contributed by atoms with van der Waals surface area (Å²) in [4.78, 5) is 8.73. The molecule has 1 heterocycles. The first kappa shape index (κ1) is 20.9. The van der Waals surface area contributed by atoms with E-state index in [0.29, 0.717) is 18.2 Å². The average molecular weight is 427 g/mol. The number of aromatic amines is 1. The van der Waals surface area contributed by atoms with Crippen LogP contribution in [0, 0.1) is 22.9 Å². The average Bonchev–Trinajstić information content (AvgIpc) is 3.10. The standard InChI is InChI=1S/C18H18ClF3N6O/c1-27(2)6-5-24-18-25-15-10(8-13(21)14(22)16(15)26-18)17(23)28(29)9-3-4-12(20)11(19)7-9/h3-4,7-8,23,29H,5-6H2,1-2H3,(H2,24,25,26). The predicted octanol–water partition coefficient (Wildman–Crippen LogP) is 3.83. The van der Waals surface area contributed by atoms with E-state index in [0.717, 1.165) is 18.2 Å². The molecule has 3 aromatic rings. The molecule has 0 amide bonds. The van der Waals surface area contributed by atoms with E-state index < -0.39 is 23.3 Å². The largest absolute Gasteiger partial charge is 0.355 e. The van der Waals surface area contributed by atoms with Crippen LogP contribution in [0.1, 0.15) is 5.56 Å². The number of imidazole rings is 1. The molecule has 0 saturated heterocycles. The fourth-order valence-electron chi connectivity index (χ4n) is 2.63. The minimum Gasteiger partial charge on any atom is -0.355 e. The molecular weight excluding hydrogens is 409 g/mol. The summed E-state index contributed by atoms with van der Waals surface area (Å²) in [6, 6.07) is 4.08. The zero-order valence-electron chi connectivity index (χ0n) is 15.5. The number of hydrogen-bond acceptors (Lipinski definition) is 5. The molecule has 2 aromatic carbocycles. The van der Waals surface area contributed by atoms with Crippen molar-refractivity contribution in [2.75, 3.05) is 37.6 Å². The Labute approximate surface area is 169 Å². The second-order valence-electron chi connectivity index (χ2n) is 6.52. The van der Waals surface area contributed by atoms with E-state index >= 15 is 0 Å². The third kappa shape index (κ3) is 4.29. The lowest BCUT2D eigenvalue weighted by Crippen LogP contribution is -2.27. The summed E-state index contributed by atoms with van der Waals surface area (Å²) in [7, 11) is 3.76. The number of amidine groups is 1. The van der Waals surface area contributed by atoms with Crippen LogP contribution in [0.25, 0.3) is 11.0 Å². The van der Waals surface area contributed by atoms with Gasteiger partial charge < -0.3 is 15.2 Å². The van der Waals surface area contributed by atoms with Crippen molar-refractivity contribution in [3.8, 4) is 0 Å². The maximum absolute atomic E-state index is 14.2. The van der Waals surface area contributed by atoms with Crippen molar-refractivity contribution in [1.82, 2.24) is 14.9 Å². The summed E-state index contributed by atoms with van der Waals surface area (Å²) in [6.45, 7) is 1.16. The van der Waals surface area contributed by atoms with Crippen molar-refractivity contribution in [2.45, 2.75) is 0 Å². The summed E-state index contributed by atoms with van der Waals surface area (Å²) < 4.78 is 41.7. The minimum absolute atomic E-state index is 0.0218. The third-order valence-electron chi connectivity index (χ3n) is 4.13. The zero-order chi connectivity index (χ0) is 21.3. The minimum atomic E-state index is -1.23. The highest BCUT2D eigenvalue weighted by atomic mass is 35.5. The Kier molecular flexibility index (Phi) is 5.96. The van der Waals surface area contributed by atoms with E-state index in [2.05, 4.69) is 15.3 Å². The molecule has 3 rings (SSSR count). The zero-order valence-corrected chi connectivity index (χ0v) is 16.3. The first-order valence-electron chi connectivity index (χ1n) is 8.48. The molecule has 0 unspecified atom stereocenters. The molecule has 29 heavy (non-hydrogen) atoms. The number of likely N-dealkylation sites (N-methyl/N-ethyl adjacent to an activating group) is 1. The van der Waals surface area contributed by atoms with Crippen LogP contribution in [0.15, 0.2) is 24.3 Å². The Hall–Kier alpha value is -2.82. The van der Waals surface area contributed by atoms with Crippen LogP contribution in [-0.4, -0.2) is 53.1 Å². The molecule has 0 aliphatic heterocycles. The lowest BCUT2D eigenvalue weighted by molar-refractivity contribution is 0.312. The van der Waals surface area contributed by atoms with E-state index in [1.807, 2.05) is 19.0 Å². The van der Waals surface area contributed by atoms with Crippen molar-refractivity contribution in [3.63, 3.8) is 0 Å². The highest BCUT2D eigenvalue weighted by Gasteiger charge is 2.22. The summed E-state index contributed by atoms with van der Waals surface area (Å²) in [5.74, 6) is -3.50. The van der Waals surface area contributed by atoms with Gasteiger partial charge in [-0.15, -0.1) is 0 Å². The van der Waals surface area contributed by atoms with Gasteiger partial charge in [-0.25, -0.2) is 23.2 Å². The number of fused-ring (bicyclic) bond motifs is 1. The fourth-order valence-corrected chi connectivity index (χ4v) is 2.81. The normalized spacial score (nSPS) is 11.3. The quantitative estimate of drug-likeness (QED) is 0.273. The molecule has 1 aromatic heterocycles. The number of halogens is 4. The van der Waals surface area contributed by atoms with Gasteiger partial charge in [0.1, 0.15) is 11.3 Å². The van der Waals surface area contributed by atoms with Crippen LogP contribution < -0.4 is 10.4 Å². The SMILES string of the molecule is CN(C)CCNc1nc2c(F)c(F)cc(C(=N)N(O)c3ccc(F)c(Cl)c3)c2[nH]1. The van der Waals surface area contributed by atoms with Crippen LogP contribution in [0.2, 0.25) is 5.02 Å². The molecule has 0 aliphatic rings. The Bertz CT molecular complexity index is 1070. The third-order valence-corrected chi connectivity index (χ3v) is 4.42. The lowest BCUT2D eigenvalue weighted by atomic mass is 10.1. The van der Waals surface area contributed by atoms with Gasteiger partial charge in [0.25, 0.3) is 0 Å². The molecule has 154 valence electrons. The number of H-pyrrole nitrogens is 1. The Balaban J connectivity index is 1.98. The number of aromatic nitrogens is 2. The molecule has 11 heteroatoms. The van der Waals surface area contributed by atoms with Crippen LogP contribution in [-0.2, 0) is 0 Å². The summed E-state index contributed by atoms with van der Waals surface area (Å²) in [5.41, 5.74) is -0.464. The van der Waals surface area contributed by atoms with Gasteiger partial charge in [0.2, 0.25) is 5.95 Å². The van der Waals surface area contributed by atoms with E-state index in [9.17, 15) is 18.4 Å². The second kappa shape index (κ2) is 8.27. The number of anilines is 2. The van der Waals surface area contributed by atoms with Crippen molar-refractivity contribution in [1.29, 1.82) is 5.41 Å². The van der Waals surface area contributed by atoms with Gasteiger partial charge >= 0.3 is 0 Å². The monoisotopic (exact) mass is 426 g/mol. The molecular formula is C18H18ClF3N6O. The van der Waals surface area contributed by atoms with Crippen LogP contribution in [0.3, 0.4) is 0 Å². The Morgan fingerprint density at radius 1 is 1.24 bits per heavy atom. The lowest BCUT2D eigenvalue weighted by Gasteiger charge is -2.18. The van der Waals surface area contributed by atoms with Crippen molar-refractivity contribution < 1.29 is 18.4 Å². The smallest absolute Gasteiger partial charge is 0.201 e. The van der Waals surface area contributed by atoms with Gasteiger partial charge in [0.15, 0.2) is 17.5 Å². The van der Waals surface area contributed by atoms with Gasteiger partial charge in [0, 0.05) is 18.7 Å². The number of nitrogens with zero attached hydrogens (tertiary/aromatic N) is 3. The van der Waals surface area contributed by atoms with E-state index in [1.165, 1.54) is 6.07 Å². The molecule has 0 aliphatic carbocycles. The van der Waals surface area contributed by atoms with E-state index in [4.69, 9.17) is 17.0 Å². The highest BCUT2D eigenvalue weighted by Crippen LogP contribution is 2.28. The number of hydrogen-bond donors (Lipinski definition) is 4. The molecule has 0 radical (unpaired) electrons. The van der Waals surface area contributed by atoms with Crippen molar-refractivity contribution >= 4 is 40.1 Å². The highest BCUT2D eigenvalue weighted by molar-refractivity contribution is 6.31. The topological polar surface area (TPSA) is 91.3 Å². The molecule has 0 atom stereocenters. The van der Waals surface area contributed by atoms with Crippen LogP contribution in [0.5, 0.6) is 0 Å². The number of nitrogens with one attached hydrogen (secondary N) is 3. The summed E-state index contributed by atoms with van der Waals surface area (Å²) >= 11 is 5.70. The summed E-state index contributed by atoms with van der Waals surface area (Å²) in [6.07, 6.45) is 0. The van der Waals surface area contributed by atoms with E-state index in [1.54, 1.807) is 0 Å². The fraction of sp³-hybridized carbons (Fsp3) is 0.222. The molecule has 0 spiro atoms. The Morgan fingerprint density at radius 3 is 2.62 bits per heavy atom. The predicted molar refractivity (Wildman–Crippen MR) is 106 cm³/mol. The second-order valence-corrected chi connectivity index (χ2v) is 6.93. The number of benzene rings is 2. The summed E-state index contributed by atoms with van der Waals surface area (Å²) in [5, 5.41) is 21.6. The van der Waals surface area contributed by atoms with E-state index in [-0.39, 0.29) is 33.3 Å². The molecule has 0 saturated carbocycles. The van der Waals surface area contributed by atoms with Crippen LogP contribution >= 0.6 is 11.6 Å². The number of hydroxylamine groups is 1. The van der Waals surface area contributed by atoms with Gasteiger partial charge in [-0.1, -0.05) is 11.6 Å². The Morgan fingerprint density at radius 2 is 1.97 bits per heavy atom. The molecule has 0 fully saturated rings. The maximum atomic E-state index is 14.2. The van der Waals surface area contributed by atoms with Gasteiger partial charge in [-0.05, 0) is 38.4 Å². The van der Waals surface area contributed by atoms with Crippen LogP contribution in [0.4, 0.5) is 24.8 Å². The molecule has 4 N–H and O–H groups in total. The molecule has 0 bridgehead atoms. The number of rotatable bonds is 6. The van der Waals surface area contributed by atoms with Crippen molar-refractivity contribution in [2.24, 2.45) is 0 Å². The van der Waals surface area contributed by atoms with Gasteiger partial charge in [-0.2, -0.15) is 0 Å². The van der Waals surface area contributed by atoms with Gasteiger partial charge in [-0.3, -0.25) is 10.6 Å². The molecule has 7 nitrogen and oxygen atoms in total. The maximum Gasteiger partial charge on any atom is 0.201 e. The first-order chi connectivity index (χ1) is 13.7.